The number of ether oxygens (including phenoxy) is 2. The molecule has 0 aliphatic heterocycles. The smallest absolute Gasteiger partial charge is 0.255 e. The van der Waals surface area contributed by atoms with Crippen LogP contribution >= 0.6 is 0 Å². The summed E-state index contributed by atoms with van der Waals surface area (Å²) in [5.41, 5.74) is 2.23. The molecule has 1 N–H and O–H groups in total. The summed E-state index contributed by atoms with van der Waals surface area (Å²) in [6.45, 7) is 4.13. The third kappa shape index (κ3) is 6.58. The highest BCUT2D eigenvalue weighted by molar-refractivity contribution is 7.92. The van der Waals surface area contributed by atoms with E-state index < -0.39 is 21.7 Å². The molecule has 0 saturated heterocycles. The summed E-state index contributed by atoms with van der Waals surface area (Å²) in [7, 11) is -2.26. The van der Waals surface area contributed by atoms with Gasteiger partial charge in [-0.05, 0) is 49.7 Å². The van der Waals surface area contributed by atoms with Crippen molar-refractivity contribution in [2.75, 3.05) is 30.8 Å². The van der Waals surface area contributed by atoms with Crippen molar-refractivity contribution in [3.8, 4) is 17.1 Å². The zero-order chi connectivity index (χ0) is 28.2. The number of furan rings is 1. The number of benzene rings is 3. The van der Waals surface area contributed by atoms with Crippen LogP contribution in [0.4, 0.5) is 10.1 Å². The molecule has 0 atom stereocenters. The van der Waals surface area contributed by atoms with E-state index in [2.05, 4.69) is 5.32 Å². The van der Waals surface area contributed by atoms with Crippen molar-refractivity contribution in [2.24, 2.45) is 0 Å². The first-order valence-corrected chi connectivity index (χ1v) is 14.3. The fraction of sp³-hybridized carbons (Fsp3) is 0.276. The second-order valence-electron chi connectivity index (χ2n) is 9.25. The highest BCUT2D eigenvalue weighted by Gasteiger charge is 2.28. The van der Waals surface area contributed by atoms with Gasteiger partial charge in [0.1, 0.15) is 22.9 Å². The van der Waals surface area contributed by atoms with E-state index >= 15 is 0 Å². The van der Waals surface area contributed by atoms with Gasteiger partial charge in [0.05, 0.1) is 43.4 Å². The van der Waals surface area contributed by atoms with Crippen LogP contribution in [-0.4, -0.2) is 46.9 Å². The van der Waals surface area contributed by atoms with Crippen LogP contribution in [0, 0.1) is 5.82 Å². The lowest BCUT2D eigenvalue weighted by Gasteiger charge is -2.25. The van der Waals surface area contributed by atoms with Crippen molar-refractivity contribution in [1.82, 2.24) is 5.32 Å². The Balaban J connectivity index is 1.79. The van der Waals surface area contributed by atoms with E-state index in [1.807, 2.05) is 44.2 Å². The molecule has 0 fully saturated rings. The number of carbonyl (C=O) groups is 1. The highest BCUT2D eigenvalue weighted by Crippen LogP contribution is 2.41. The summed E-state index contributed by atoms with van der Waals surface area (Å²) < 4.78 is 58.6. The number of rotatable bonds is 11. The molecule has 1 heterocycles. The van der Waals surface area contributed by atoms with Crippen LogP contribution in [-0.2, 0) is 21.4 Å². The van der Waals surface area contributed by atoms with Gasteiger partial charge in [0.2, 0.25) is 10.0 Å². The van der Waals surface area contributed by atoms with Crippen LogP contribution in [0.5, 0.6) is 5.75 Å². The standard InChI is InChI=1S/C29H31FN2O6S/c1-19(2)37-26-16-23-25(38-28(27(23)29(33)31-3)21-10-12-22(30)13-11-21)17-24(26)32(39(4,34)35)14-15-36-18-20-8-6-5-7-9-20/h5-13,16-17,19H,14-15,18H2,1-4H3,(H,31,33). The van der Waals surface area contributed by atoms with E-state index in [-0.39, 0.29) is 47.6 Å². The molecule has 4 rings (SSSR count). The van der Waals surface area contributed by atoms with E-state index in [0.717, 1.165) is 11.8 Å². The molecule has 0 spiro atoms. The molecule has 1 amide bonds. The number of halogens is 1. The van der Waals surface area contributed by atoms with Gasteiger partial charge >= 0.3 is 0 Å². The number of carbonyl (C=O) groups excluding carboxylic acids is 1. The van der Waals surface area contributed by atoms with E-state index in [1.54, 1.807) is 12.1 Å². The van der Waals surface area contributed by atoms with Gasteiger partial charge in [-0.2, -0.15) is 0 Å². The molecule has 0 radical (unpaired) electrons. The van der Waals surface area contributed by atoms with Gasteiger partial charge in [0.15, 0.2) is 0 Å². The van der Waals surface area contributed by atoms with Crippen LogP contribution in [0.2, 0.25) is 0 Å². The number of hydrogen-bond acceptors (Lipinski definition) is 6. The van der Waals surface area contributed by atoms with Gasteiger partial charge in [-0.1, -0.05) is 30.3 Å². The number of amides is 1. The number of sulfonamides is 1. The summed E-state index contributed by atoms with van der Waals surface area (Å²) in [5.74, 6) is -0.341. The normalized spacial score (nSPS) is 11.6. The largest absolute Gasteiger partial charge is 0.489 e. The first-order chi connectivity index (χ1) is 18.6. The highest BCUT2D eigenvalue weighted by atomic mass is 32.2. The van der Waals surface area contributed by atoms with Crippen LogP contribution in [0.3, 0.4) is 0 Å². The van der Waals surface area contributed by atoms with Crippen molar-refractivity contribution in [1.29, 1.82) is 0 Å². The molecule has 0 bridgehead atoms. The molecule has 0 aliphatic rings. The van der Waals surface area contributed by atoms with Crippen molar-refractivity contribution in [3.05, 3.63) is 83.7 Å². The van der Waals surface area contributed by atoms with E-state index in [4.69, 9.17) is 13.9 Å². The van der Waals surface area contributed by atoms with Crippen LogP contribution in [0.25, 0.3) is 22.3 Å². The maximum atomic E-state index is 13.6. The minimum Gasteiger partial charge on any atom is -0.489 e. The number of nitrogens with one attached hydrogen (secondary N) is 1. The number of anilines is 1. The molecule has 206 valence electrons. The fourth-order valence-electron chi connectivity index (χ4n) is 4.19. The molecule has 4 aromatic rings. The summed E-state index contributed by atoms with van der Waals surface area (Å²) in [5, 5.41) is 3.05. The second kappa shape index (κ2) is 11.9. The molecule has 0 unspecified atom stereocenters. The first kappa shape index (κ1) is 28.1. The topological polar surface area (TPSA) is 98.1 Å². The van der Waals surface area contributed by atoms with Crippen molar-refractivity contribution >= 4 is 32.6 Å². The Bertz CT molecular complexity index is 1550. The third-order valence-electron chi connectivity index (χ3n) is 5.91. The molecule has 8 nitrogen and oxygen atoms in total. The monoisotopic (exact) mass is 554 g/mol. The van der Waals surface area contributed by atoms with E-state index in [1.165, 1.54) is 35.6 Å². The number of fused-ring (bicyclic) bond motifs is 1. The maximum Gasteiger partial charge on any atom is 0.255 e. The van der Waals surface area contributed by atoms with Gasteiger partial charge in [-0.3, -0.25) is 9.10 Å². The van der Waals surface area contributed by atoms with Crippen molar-refractivity contribution in [2.45, 2.75) is 26.6 Å². The lowest BCUT2D eigenvalue weighted by molar-refractivity contribution is 0.0964. The Morgan fingerprint density at radius 2 is 1.77 bits per heavy atom. The predicted molar refractivity (Wildman–Crippen MR) is 149 cm³/mol. The van der Waals surface area contributed by atoms with Crippen LogP contribution in [0.15, 0.2) is 71.1 Å². The second-order valence-corrected chi connectivity index (χ2v) is 11.2. The Morgan fingerprint density at radius 1 is 1.08 bits per heavy atom. The van der Waals surface area contributed by atoms with Gasteiger partial charge in [0.25, 0.3) is 5.91 Å². The molecule has 10 heteroatoms. The van der Waals surface area contributed by atoms with Gasteiger partial charge in [-0.15, -0.1) is 0 Å². The van der Waals surface area contributed by atoms with Crippen molar-refractivity contribution in [3.63, 3.8) is 0 Å². The molecule has 3 aromatic carbocycles. The lowest BCUT2D eigenvalue weighted by atomic mass is 10.0. The molecule has 39 heavy (non-hydrogen) atoms. The van der Waals surface area contributed by atoms with Crippen LogP contribution in [0.1, 0.15) is 29.8 Å². The summed E-state index contributed by atoms with van der Waals surface area (Å²) in [6.07, 6.45) is 0.819. The number of nitrogens with zero attached hydrogens (tertiary/aromatic N) is 1. The first-order valence-electron chi connectivity index (χ1n) is 12.4. The summed E-state index contributed by atoms with van der Waals surface area (Å²) >= 11 is 0. The minimum atomic E-state index is -3.76. The Labute approximate surface area is 227 Å². The molecule has 0 saturated carbocycles. The Hall–Kier alpha value is -3.89. The van der Waals surface area contributed by atoms with Crippen LogP contribution < -0.4 is 14.4 Å². The average Bonchev–Trinajstić information content (AvgIpc) is 3.26. The van der Waals surface area contributed by atoms with E-state index in [0.29, 0.717) is 17.6 Å². The zero-order valence-electron chi connectivity index (χ0n) is 22.2. The Morgan fingerprint density at radius 3 is 2.38 bits per heavy atom. The predicted octanol–water partition coefficient (Wildman–Crippen LogP) is 5.37. The zero-order valence-corrected chi connectivity index (χ0v) is 23.0. The quantitative estimate of drug-likeness (QED) is 0.251. The van der Waals surface area contributed by atoms with Gasteiger partial charge in [0, 0.05) is 24.1 Å². The molecular formula is C29H31FN2O6S. The third-order valence-corrected chi connectivity index (χ3v) is 7.09. The molecular weight excluding hydrogens is 523 g/mol. The maximum absolute atomic E-state index is 13.6. The number of hydrogen-bond donors (Lipinski definition) is 1. The van der Waals surface area contributed by atoms with Gasteiger partial charge < -0.3 is 19.2 Å². The summed E-state index contributed by atoms with van der Waals surface area (Å²) in [4.78, 5) is 12.9. The van der Waals surface area contributed by atoms with Gasteiger partial charge in [-0.25, -0.2) is 12.8 Å². The Kier molecular flexibility index (Phi) is 8.57. The van der Waals surface area contributed by atoms with E-state index in [9.17, 15) is 17.6 Å². The van der Waals surface area contributed by atoms with Crippen molar-refractivity contribution < 1.29 is 31.5 Å². The average molecular weight is 555 g/mol. The summed E-state index contributed by atoms with van der Waals surface area (Å²) in [6, 6.07) is 18.3. The fourth-order valence-corrected chi connectivity index (χ4v) is 5.09. The lowest BCUT2D eigenvalue weighted by Crippen LogP contribution is -2.33. The SMILES string of the molecule is CNC(=O)c1c(-c2ccc(F)cc2)oc2cc(N(CCOCc3ccccc3)S(C)(=O)=O)c(OC(C)C)cc12. The minimum absolute atomic E-state index is 0.0272. The molecule has 1 aromatic heterocycles. The molecule has 0 aliphatic carbocycles.